The Morgan fingerprint density at radius 1 is 1.67 bits per heavy atom. The molecule has 2 N–H and O–H groups in total. The van der Waals surface area contributed by atoms with Crippen molar-refractivity contribution in [1.82, 2.24) is 0 Å². The first-order valence-corrected chi connectivity index (χ1v) is 5.37. The smallest absolute Gasteiger partial charge is 0.294 e. The Labute approximate surface area is 107 Å². The van der Waals surface area contributed by atoms with Gasteiger partial charge in [-0.25, -0.2) is 4.39 Å². The molecule has 18 heavy (non-hydrogen) atoms. The molecule has 1 atom stereocenters. The Balaban J connectivity index is 2.86. The van der Waals surface area contributed by atoms with Crippen LogP contribution in [0.4, 0.5) is 15.8 Å². The number of methoxy groups -OCH3 is 1. The van der Waals surface area contributed by atoms with Crippen molar-refractivity contribution in [3.63, 3.8) is 0 Å². The summed E-state index contributed by atoms with van der Waals surface area (Å²) in [5.74, 6) is -0.772. The van der Waals surface area contributed by atoms with E-state index in [0.29, 0.717) is 0 Å². The van der Waals surface area contributed by atoms with Crippen LogP contribution in [0.2, 0.25) is 5.02 Å². The third-order valence-electron chi connectivity index (χ3n) is 2.12. The Morgan fingerprint density at radius 3 is 2.89 bits per heavy atom. The summed E-state index contributed by atoms with van der Waals surface area (Å²) >= 11 is 5.47. The molecule has 0 bridgehead atoms. The van der Waals surface area contributed by atoms with Gasteiger partial charge in [0, 0.05) is 25.8 Å². The standard InChI is InChI=1S/C10H12ClFN2O4/c1-18-5-6(15)4-13-9-3-8(12)7(11)2-10(9)14(16)17/h2-3,6,13,15H,4-5H2,1H3. The van der Waals surface area contributed by atoms with E-state index in [1.807, 2.05) is 0 Å². The van der Waals surface area contributed by atoms with Crippen LogP contribution in [0.1, 0.15) is 0 Å². The second-order valence-corrected chi connectivity index (χ2v) is 3.94. The summed E-state index contributed by atoms with van der Waals surface area (Å²) in [7, 11) is 1.41. The van der Waals surface area contributed by atoms with Gasteiger partial charge in [0.15, 0.2) is 0 Å². The molecule has 1 unspecified atom stereocenters. The van der Waals surface area contributed by atoms with E-state index in [-0.39, 0.29) is 29.5 Å². The number of ether oxygens (including phenoxy) is 1. The molecule has 0 amide bonds. The lowest BCUT2D eigenvalue weighted by Gasteiger charge is -2.12. The number of benzene rings is 1. The minimum atomic E-state index is -0.853. The first-order chi connectivity index (χ1) is 8.45. The zero-order chi connectivity index (χ0) is 13.7. The number of aliphatic hydroxyl groups excluding tert-OH is 1. The predicted octanol–water partition coefficient (Wildman–Crippen LogP) is 1.81. The molecular formula is C10H12ClFN2O4. The van der Waals surface area contributed by atoms with Gasteiger partial charge in [0.2, 0.25) is 0 Å². The maximum atomic E-state index is 13.2. The van der Waals surface area contributed by atoms with E-state index in [2.05, 4.69) is 5.32 Å². The van der Waals surface area contributed by atoms with Gasteiger partial charge >= 0.3 is 0 Å². The normalized spacial score (nSPS) is 12.2. The van der Waals surface area contributed by atoms with Crippen molar-refractivity contribution in [2.24, 2.45) is 0 Å². The summed E-state index contributed by atoms with van der Waals surface area (Å²) in [4.78, 5) is 10.1. The molecule has 8 heteroatoms. The number of nitrogens with zero attached hydrogens (tertiary/aromatic N) is 1. The molecule has 0 aliphatic rings. The van der Waals surface area contributed by atoms with Gasteiger partial charge in [-0.15, -0.1) is 0 Å². The van der Waals surface area contributed by atoms with Crippen LogP contribution in [0, 0.1) is 15.9 Å². The van der Waals surface area contributed by atoms with Crippen LogP contribution < -0.4 is 5.32 Å². The van der Waals surface area contributed by atoms with E-state index in [4.69, 9.17) is 16.3 Å². The summed E-state index contributed by atoms with van der Waals surface area (Å²) in [6.45, 7) is 0.0621. The van der Waals surface area contributed by atoms with Crippen molar-refractivity contribution >= 4 is 23.0 Å². The topological polar surface area (TPSA) is 84.6 Å². The minimum Gasteiger partial charge on any atom is -0.389 e. The van der Waals surface area contributed by atoms with Gasteiger partial charge in [0.1, 0.15) is 11.5 Å². The number of hydrogen-bond acceptors (Lipinski definition) is 5. The molecule has 0 fully saturated rings. The fourth-order valence-corrected chi connectivity index (χ4v) is 1.47. The van der Waals surface area contributed by atoms with Crippen LogP contribution in [0.3, 0.4) is 0 Å². The molecule has 0 aromatic heterocycles. The van der Waals surface area contributed by atoms with Crippen molar-refractivity contribution in [3.8, 4) is 0 Å². The lowest BCUT2D eigenvalue weighted by molar-refractivity contribution is -0.384. The molecule has 100 valence electrons. The van der Waals surface area contributed by atoms with Crippen LogP contribution in [-0.2, 0) is 4.74 Å². The number of nitrogens with one attached hydrogen (secondary N) is 1. The molecule has 0 saturated carbocycles. The van der Waals surface area contributed by atoms with Gasteiger partial charge in [-0.1, -0.05) is 11.6 Å². The van der Waals surface area contributed by atoms with E-state index in [0.717, 1.165) is 12.1 Å². The fourth-order valence-electron chi connectivity index (χ4n) is 1.31. The molecular weight excluding hydrogens is 267 g/mol. The van der Waals surface area contributed by atoms with Crippen molar-refractivity contribution in [2.45, 2.75) is 6.10 Å². The third-order valence-corrected chi connectivity index (χ3v) is 2.41. The highest BCUT2D eigenvalue weighted by Crippen LogP contribution is 2.30. The average Bonchev–Trinajstić information content (AvgIpc) is 2.30. The largest absolute Gasteiger partial charge is 0.389 e. The van der Waals surface area contributed by atoms with Crippen molar-refractivity contribution in [3.05, 3.63) is 33.1 Å². The number of hydrogen-bond donors (Lipinski definition) is 2. The number of aliphatic hydroxyl groups is 1. The van der Waals surface area contributed by atoms with E-state index < -0.39 is 16.8 Å². The molecule has 0 heterocycles. The van der Waals surface area contributed by atoms with Gasteiger partial charge in [-0.2, -0.15) is 0 Å². The SMILES string of the molecule is COCC(O)CNc1cc(F)c(Cl)cc1[N+](=O)[O-]. The van der Waals surface area contributed by atoms with Gasteiger partial charge in [-0.05, 0) is 0 Å². The Morgan fingerprint density at radius 2 is 2.33 bits per heavy atom. The molecule has 6 nitrogen and oxygen atoms in total. The molecule has 0 radical (unpaired) electrons. The molecule has 0 aliphatic carbocycles. The van der Waals surface area contributed by atoms with Crippen LogP contribution in [0.25, 0.3) is 0 Å². The maximum Gasteiger partial charge on any atom is 0.294 e. The molecule has 1 rings (SSSR count). The highest BCUT2D eigenvalue weighted by atomic mass is 35.5. The van der Waals surface area contributed by atoms with Crippen molar-refractivity contribution in [1.29, 1.82) is 0 Å². The highest BCUT2D eigenvalue weighted by molar-refractivity contribution is 6.31. The molecule has 0 saturated heterocycles. The number of nitro groups is 1. The Hall–Kier alpha value is -1.44. The van der Waals surface area contributed by atoms with Gasteiger partial charge in [0.25, 0.3) is 5.69 Å². The summed E-state index contributed by atoms with van der Waals surface area (Å²) < 4.78 is 17.9. The van der Waals surface area contributed by atoms with Crippen molar-refractivity contribution < 1.29 is 19.2 Å². The summed E-state index contributed by atoms with van der Waals surface area (Å²) in [5, 5.41) is 22.4. The number of nitro benzene ring substituents is 1. The maximum absolute atomic E-state index is 13.2. The third kappa shape index (κ3) is 3.80. The fraction of sp³-hybridized carbons (Fsp3) is 0.400. The zero-order valence-corrected chi connectivity index (χ0v) is 10.3. The highest BCUT2D eigenvalue weighted by Gasteiger charge is 2.18. The van der Waals surface area contributed by atoms with E-state index in [1.165, 1.54) is 7.11 Å². The summed E-state index contributed by atoms with van der Waals surface area (Å²) in [6.07, 6.45) is -0.853. The zero-order valence-electron chi connectivity index (χ0n) is 9.52. The monoisotopic (exact) mass is 278 g/mol. The van der Waals surface area contributed by atoms with Gasteiger partial charge in [0.05, 0.1) is 22.7 Å². The van der Waals surface area contributed by atoms with Crippen LogP contribution in [0.15, 0.2) is 12.1 Å². The quantitative estimate of drug-likeness (QED) is 0.612. The van der Waals surface area contributed by atoms with Crippen LogP contribution in [0.5, 0.6) is 0 Å². The first kappa shape index (κ1) is 14.6. The molecule has 0 aliphatic heterocycles. The van der Waals surface area contributed by atoms with Crippen LogP contribution in [-0.4, -0.2) is 36.4 Å². The molecule has 1 aromatic rings. The number of anilines is 1. The average molecular weight is 279 g/mol. The Bertz CT molecular complexity index is 444. The number of halogens is 2. The van der Waals surface area contributed by atoms with Crippen molar-refractivity contribution in [2.75, 3.05) is 25.6 Å². The summed E-state index contributed by atoms with van der Waals surface area (Å²) in [5.41, 5.74) is -0.400. The minimum absolute atomic E-state index is 0.00421. The molecule has 0 spiro atoms. The lowest BCUT2D eigenvalue weighted by Crippen LogP contribution is -2.24. The van der Waals surface area contributed by atoms with E-state index in [9.17, 15) is 19.6 Å². The van der Waals surface area contributed by atoms with E-state index >= 15 is 0 Å². The van der Waals surface area contributed by atoms with Gasteiger partial charge < -0.3 is 15.2 Å². The van der Waals surface area contributed by atoms with E-state index in [1.54, 1.807) is 0 Å². The number of rotatable bonds is 6. The second kappa shape index (κ2) is 6.48. The summed E-state index contributed by atoms with van der Waals surface area (Å²) in [6, 6.07) is 1.84. The lowest BCUT2D eigenvalue weighted by atomic mass is 10.2. The Kier molecular flexibility index (Phi) is 5.26. The van der Waals surface area contributed by atoms with Crippen LogP contribution >= 0.6 is 11.6 Å². The molecule has 1 aromatic carbocycles. The second-order valence-electron chi connectivity index (χ2n) is 3.53. The predicted molar refractivity (Wildman–Crippen MR) is 64.4 cm³/mol. The first-order valence-electron chi connectivity index (χ1n) is 5.00. The van der Waals surface area contributed by atoms with Gasteiger partial charge in [-0.3, -0.25) is 10.1 Å².